The van der Waals surface area contributed by atoms with Crippen molar-refractivity contribution in [3.63, 3.8) is 0 Å². The first kappa shape index (κ1) is 23.3. The second kappa shape index (κ2) is 10.2. The molecule has 9 nitrogen and oxygen atoms in total. The van der Waals surface area contributed by atoms with Gasteiger partial charge in [0.05, 0.1) is 0 Å². The molecule has 2 saturated carbocycles. The van der Waals surface area contributed by atoms with Crippen molar-refractivity contribution in [2.45, 2.75) is 87.9 Å². The van der Waals surface area contributed by atoms with Gasteiger partial charge in [0.15, 0.2) is 0 Å². The van der Waals surface area contributed by atoms with Gasteiger partial charge < -0.3 is 28.7 Å². The Balaban J connectivity index is 2.25. The molecule has 2 N–H and O–H groups in total. The van der Waals surface area contributed by atoms with E-state index in [-0.39, 0.29) is 6.10 Å². The van der Waals surface area contributed by atoms with Crippen LogP contribution in [0.2, 0.25) is 0 Å². The number of hydrogen-bond donors (Lipinski definition) is 2. The molecule has 2 atom stereocenters. The molecule has 0 amide bonds. The molecule has 2 aliphatic carbocycles. The lowest BCUT2D eigenvalue weighted by molar-refractivity contribution is -0.194. The zero-order valence-corrected chi connectivity index (χ0v) is 17.4. The SMILES string of the molecule is COC(C(=O)OC1CCCCC1)C(OC)(C(=O)OC1CCCCC1)P(=O)(O)O. The van der Waals surface area contributed by atoms with Crippen LogP contribution < -0.4 is 0 Å². The van der Waals surface area contributed by atoms with Crippen LogP contribution in [0.4, 0.5) is 0 Å². The summed E-state index contributed by atoms with van der Waals surface area (Å²) in [6.07, 6.45) is 5.25. The molecule has 0 aromatic heterocycles. The summed E-state index contributed by atoms with van der Waals surface area (Å²) in [5, 5.41) is -2.91. The first-order chi connectivity index (χ1) is 13.3. The van der Waals surface area contributed by atoms with Gasteiger partial charge in [-0.15, -0.1) is 0 Å². The van der Waals surface area contributed by atoms with Crippen molar-refractivity contribution >= 4 is 19.5 Å². The minimum Gasteiger partial charge on any atom is -0.460 e. The van der Waals surface area contributed by atoms with E-state index in [1.165, 1.54) is 0 Å². The third-order valence-electron chi connectivity index (χ3n) is 5.50. The molecule has 0 radical (unpaired) electrons. The van der Waals surface area contributed by atoms with Crippen LogP contribution in [0.25, 0.3) is 0 Å². The van der Waals surface area contributed by atoms with E-state index >= 15 is 0 Å². The van der Waals surface area contributed by atoms with Crippen LogP contribution in [0.3, 0.4) is 0 Å². The molecule has 162 valence electrons. The van der Waals surface area contributed by atoms with Crippen LogP contribution in [-0.2, 0) is 33.1 Å². The number of carbonyl (C=O) groups excluding carboxylic acids is 2. The van der Waals surface area contributed by atoms with Crippen molar-refractivity contribution < 1.29 is 42.9 Å². The highest BCUT2D eigenvalue weighted by molar-refractivity contribution is 7.54. The summed E-state index contributed by atoms with van der Waals surface area (Å²) < 4.78 is 33.2. The average molecular weight is 422 g/mol. The fraction of sp³-hybridized carbons (Fsp3) is 0.889. The summed E-state index contributed by atoms with van der Waals surface area (Å²) in [5.41, 5.74) is 0. The molecule has 28 heavy (non-hydrogen) atoms. The van der Waals surface area contributed by atoms with Gasteiger partial charge in [-0.3, -0.25) is 4.57 Å². The molecule has 2 unspecified atom stereocenters. The number of hydrogen-bond acceptors (Lipinski definition) is 7. The maximum Gasteiger partial charge on any atom is 0.372 e. The van der Waals surface area contributed by atoms with E-state index < -0.39 is 37.1 Å². The molecule has 0 heterocycles. The van der Waals surface area contributed by atoms with E-state index in [0.717, 1.165) is 52.7 Å². The molecule has 0 aromatic rings. The van der Waals surface area contributed by atoms with Gasteiger partial charge in [0.1, 0.15) is 12.2 Å². The number of rotatable bonds is 8. The van der Waals surface area contributed by atoms with Crippen LogP contribution in [0.5, 0.6) is 0 Å². The standard InChI is InChI=1S/C18H31O9P/c1-24-15(16(19)26-13-9-5-3-6-10-13)18(25-2,28(21,22)23)17(20)27-14-11-7-4-8-12-14/h13-15H,3-12H2,1-2H3,(H2,21,22,23). The first-order valence-corrected chi connectivity index (χ1v) is 11.4. The Morgan fingerprint density at radius 2 is 1.36 bits per heavy atom. The van der Waals surface area contributed by atoms with Crippen LogP contribution >= 0.6 is 7.60 Å². The fourth-order valence-corrected chi connectivity index (χ4v) is 4.98. The minimum absolute atomic E-state index is 0.375. The number of methoxy groups -OCH3 is 2. The second-order valence-electron chi connectivity index (χ2n) is 7.42. The van der Waals surface area contributed by atoms with Crippen LogP contribution in [0.1, 0.15) is 64.2 Å². The smallest absolute Gasteiger partial charge is 0.372 e. The molecular weight excluding hydrogens is 391 g/mol. The van der Waals surface area contributed by atoms with Gasteiger partial charge in [0.2, 0.25) is 6.10 Å². The Morgan fingerprint density at radius 1 is 0.893 bits per heavy atom. The maximum atomic E-state index is 12.9. The Morgan fingerprint density at radius 3 is 1.75 bits per heavy atom. The molecule has 0 aromatic carbocycles. The number of carbonyl (C=O) groups is 2. The minimum atomic E-state index is -5.33. The van der Waals surface area contributed by atoms with E-state index in [9.17, 15) is 23.9 Å². The Bertz CT molecular complexity index is 578. The highest BCUT2D eigenvalue weighted by atomic mass is 31.2. The first-order valence-electron chi connectivity index (χ1n) is 9.81. The van der Waals surface area contributed by atoms with E-state index in [4.69, 9.17) is 18.9 Å². The quantitative estimate of drug-likeness (QED) is 0.447. The van der Waals surface area contributed by atoms with Gasteiger partial charge in [-0.1, -0.05) is 12.8 Å². The zero-order valence-electron chi connectivity index (χ0n) is 16.5. The Labute approximate surface area is 165 Å². The number of ether oxygens (including phenoxy) is 4. The van der Waals surface area contributed by atoms with Gasteiger partial charge >= 0.3 is 24.9 Å². The van der Waals surface area contributed by atoms with Gasteiger partial charge in [-0.05, 0) is 51.4 Å². The summed E-state index contributed by atoms with van der Waals surface area (Å²) in [6, 6.07) is 0. The fourth-order valence-electron chi connectivity index (χ4n) is 3.93. The van der Waals surface area contributed by atoms with E-state index in [1.807, 2.05) is 0 Å². The molecule has 2 fully saturated rings. The molecule has 0 saturated heterocycles. The normalized spacial score (nSPS) is 22.9. The number of esters is 2. The van der Waals surface area contributed by atoms with Crippen molar-refractivity contribution in [1.82, 2.24) is 0 Å². The van der Waals surface area contributed by atoms with Gasteiger partial charge in [-0.25, -0.2) is 9.59 Å². The summed E-state index contributed by atoms with van der Waals surface area (Å²) in [5.74, 6) is -2.34. The molecule has 10 heteroatoms. The molecule has 2 rings (SSSR count). The summed E-state index contributed by atoms with van der Waals surface area (Å²) in [6.45, 7) is 0. The van der Waals surface area contributed by atoms with Crippen molar-refractivity contribution in [3.8, 4) is 0 Å². The average Bonchev–Trinajstić information content (AvgIpc) is 2.66. The van der Waals surface area contributed by atoms with Crippen LogP contribution in [0.15, 0.2) is 0 Å². The molecule has 0 aliphatic heterocycles. The van der Waals surface area contributed by atoms with E-state index in [2.05, 4.69) is 0 Å². The topological polar surface area (TPSA) is 129 Å². The zero-order chi connectivity index (χ0) is 20.8. The highest BCUT2D eigenvalue weighted by Crippen LogP contribution is 2.55. The summed E-state index contributed by atoms with van der Waals surface area (Å²) >= 11 is 0. The molecule has 0 bridgehead atoms. The lowest BCUT2D eigenvalue weighted by atomic mass is 9.97. The van der Waals surface area contributed by atoms with Gasteiger partial charge in [0.25, 0.3) is 0 Å². The van der Waals surface area contributed by atoms with E-state index in [1.54, 1.807) is 0 Å². The highest BCUT2D eigenvalue weighted by Gasteiger charge is 2.65. The Kier molecular flexibility index (Phi) is 8.45. The molecular formula is C18H31O9P. The predicted molar refractivity (Wildman–Crippen MR) is 98.5 cm³/mol. The van der Waals surface area contributed by atoms with Crippen LogP contribution in [-0.4, -0.2) is 59.6 Å². The third kappa shape index (κ3) is 5.13. The van der Waals surface area contributed by atoms with E-state index in [0.29, 0.717) is 25.7 Å². The monoisotopic (exact) mass is 422 g/mol. The predicted octanol–water partition coefficient (Wildman–Crippen LogP) is 2.27. The van der Waals surface area contributed by atoms with Crippen LogP contribution in [0, 0.1) is 0 Å². The van der Waals surface area contributed by atoms with Crippen molar-refractivity contribution in [3.05, 3.63) is 0 Å². The summed E-state index contributed by atoms with van der Waals surface area (Å²) in [7, 11) is -3.31. The maximum absolute atomic E-state index is 12.9. The van der Waals surface area contributed by atoms with Crippen molar-refractivity contribution in [1.29, 1.82) is 0 Å². The lowest BCUT2D eigenvalue weighted by Crippen LogP contribution is -2.57. The third-order valence-corrected chi connectivity index (χ3v) is 6.97. The molecule has 2 aliphatic rings. The summed E-state index contributed by atoms with van der Waals surface area (Å²) in [4.78, 5) is 45.6. The largest absolute Gasteiger partial charge is 0.460 e. The lowest BCUT2D eigenvalue weighted by Gasteiger charge is -2.37. The van der Waals surface area contributed by atoms with Crippen molar-refractivity contribution in [2.24, 2.45) is 0 Å². The second-order valence-corrected chi connectivity index (χ2v) is 9.18. The Hall–Kier alpha value is -0.990. The van der Waals surface area contributed by atoms with Gasteiger partial charge in [-0.2, -0.15) is 0 Å². The van der Waals surface area contributed by atoms with Crippen molar-refractivity contribution in [2.75, 3.05) is 14.2 Å². The molecule has 0 spiro atoms. The van der Waals surface area contributed by atoms with Gasteiger partial charge in [0, 0.05) is 14.2 Å².